The van der Waals surface area contributed by atoms with Gasteiger partial charge in [0.05, 0.1) is 0 Å². The van der Waals surface area contributed by atoms with Gasteiger partial charge in [-0.15, -0.1) is 0 Å². The van der Waals surface area contributed by atoms with E-state index >= 15 is 0 Å². The maximum Gasteiger partial charge on any atom is 0.193 e. The van der Waals surface area contributed by atoms with Gasteiger partial charge >= 0.3 is 0 Å². The predicted octanol–water partition coefficient (Wildman–Crippen LogP) is 3.34. The third-order valence-corrected chi connectivity index (χ3v) is 3.65. The first kappa shape index (κ1) is 13.9. The van der Waals surface area contributed by atoms with E-state index in [4.69, 9.17) is 5.73 Å². The summed E-state index contributed by atoms with van der Waals surface area (Å²) in [7, 11) is 0. The average molecular weight is 259 g/mol. The molecule has 0 fully saturated rings. The molecule has 0 heterocycles. The van der Waals surface area contributed by atoms with Crippen molar-refractivity contribution in [2.24, 2.45) is 16.6 Å². The number of anilines is 1. The van der Waals surface area contributed by atoms with E-state index in [-0.39, 0.29) is 0 Å². The van der Waals surface area contributed by atoms with Crippen LogP contribution in [0.25, 0.3) is 0 Å². The minimum absolute atomic E-state index is 0.541. The molecule has 1 aliphatic carbocycles. The van der Waals surface area contributed by atoms with E-state index in [0.29, 0.717) is 11.9 Å². The summed E-state index contributed by atoms with van der Waals surface area (Å²) in [6.07, 6.45) is 5.99. The van der Waals surface area contributed by atoms with Crippen LogP contribution in [-0.2, 0) is 12.8 Å². The molecule has 0 saturated heterocycles. The van der Waals surface area contributed by atoms with Crippen molar-refractivity contribution in [3.05, 3.63) is 29.3 Å². The quantitative estimate of drug-likeness (QED) is 0.643. The molecule has 0 bridgehead atoms. The zero-order valence-corrected chi connectivity index (χ0v) is 12.1. The lowest BCUT2D eigenvalue weighted by Crippen LogP contribution is -2.24. The van der Waals surface area contributed by atoms with Gasteiger partial charge in [-0.1, -0.05) is 26.0 Å². The number of benzene rings is 1. The van der Waals surface area contributed by atoms with Crippen molar-refractivity contribution in [2.75, 3.05) is 11.9 Å². The SMILES string of the molecule is CC(C)CCN=C(N)Nc1cccc2c1CCCC2. The van der Waals surface area contributed by atoms with E-state index in [1.54, 1.807) is 0 Å². The number of guanidine groups is 1. The summed E-state index contributed by atoms with van der Waals surface area (Å²) in [5.41, 5.74) is 10.00. The Balaban J connectivity index is 2.02. The lowest BCUT2D eigenvalue weighted by Gasteiger charge is -2.19. The van der Waals surface area contributed by atoms with Crippen LogP contribution >= 0.6 is 0 Å². The molecule has 0 atom stereocenters. The Morgan fingerprint density at radius 1 is 1.32 bits per heavy atom. The maximum absolute atomic E-state index is 5.96. The van der Waals surface area contributed by atoms with Crippen molar-refractivity contribution in [3.63, 3.8) is 0 Å². The number of nitrogens with zero attached hydrogens (tertiary/aromatic N) is 1. The van der Waals surface area contributed by atoms with E-state index in [0.717, 1.165) is 25.1 Å². The third kappa shape index (κ3) is 3.98. The van der Waals surface area contributed by atoms with Crippen LogP contribution in [0.2, 0.25) is 0 Å². The second-order valence-electron chi connectivity index (χ2n) is 5.72. The van der Waals surface area contributed by atoms with Crippen LogP contribution in [0.1, 0.15) is 44.2 Å². The molecule has 0 aromatic heterocycles. The van der Waals surface area contributed by atoms with Gasteiger partial charge in [-0.3, -0.25) is 4.99 Å². The van der Waals surface area contributed by atoms with Gasteiger partial charge in [-0.25, -0.2) is 0 Å². The highest BCUT2D eigenvalue weighted by atomic mass is 15.1. The predicted molar refractivity (Wildman–Crippen MR) is 82.7 cm³/mol. The number of rotatable bonds is 4. The maximum atomic E-state index is 5.96. The summed E-state index contributed by atoms with van der Waals surface area (Å²) < 4.78 is 0. The minimum Gasteiger partial charge on any atom is -0.370 e. The van der Waals surface area contributed by atoms with Gasteiger partial charge in [-0.05, 0) is 55.2 Å². The summed E-state index contributed by atoms with van der Waals surface area (Å²) in [4.78, 5) is 4.39. The number of nitrogens with two attached hydrogens (primary N) is 1. The molecule has 0 saturated carbocycles. The molecule has 19 heavy (non-hydrogen) atoms. The number of hydrogen-bond acceptors (Lipinski definition) is 1. The van der Waals surface area contributed by atoms with E-state index in [1.165, 1.54) is 30.4 Å². The molecule has 104 valence electrons. The van der Waals surface area contributed by atoms with Crippen molar-refractivity contribution in [2.45, 2.75) is 46.0 Å². The molecule has 0 radical (unpaired) electrons. The highest BCUT2D eigenvalue weighted by molar-refractivity contribution is 5.93. The van der Waals surface area contributed by atoms with Crippen LogP contribution in [0.4, 0.5) is 5.69 Å². The Morgan fingerprint density at radius 2 is 2.11 bits per heavy atom. The molecule has 0 aliphatic heterocycles. The second kappa shape index (κ2) is 6.60. The van der Waals surface area contributed by atoms with Gasteiger partial charge < -0.3 is 11.1 Å². The molecule has 0 unspecified atom stereocenters. The highest BCUT2D eigenvalue weighted by Crippen LogP contribution is 2.27. The van der Waals surface area contributed by atoms with E-state index in [2.05, 4.69) is 42.4 Å². The third-order valence-electron chi connectivity index (χ3n) is 3.65. The first-order chi connectivity index (χ1) is 9.16. The molecule has 1 aliphatic rings. The van der Waals surface area contributed by atoms with Crippen LogP contribution in [-0.4, -0.2) is 12.5 Å². The van der Waals surface area contributed by atoms with Crippen molar-refractivity contribution in [1.29, 1.82) is 0 Å². The van der Waals surface area contributed by atoms with Crippen LogP contribution in [0.3, 0.4) is 0 Å². The Morgan fingerprint density at radius 3 is 2.89 bits per heavy atom. The summed E-state index contributed by atoms with van der Waals surface area (Å²) in [5.74, 6) is 1.21. The van der Waals surface area contributed by atoms with Gasteiger partial charge in [-0.2, -0.15) is 0 Å². The number of aryl methyl sites for hydroxylation is 1. The molecule has 3 N–H and O–H groups in total. The lowest BCUT2D eigenvalue weighted by atomic mass is 9.90. The van der Waals surface area contributed by atoms with Crippen molar-refractivity contribution >= 4 is 11.6 Å². The number of aliphatic imine (C=N–C) groups is 1. The van der Waals surface area contributed by atoms with Crippen LogP contribution in [0.15, 0.2) is 23.2 Å². The number of hydrogen-bond donors (Lipinski definition) is 2. The van der Waals surface area contributed by atoms with Crippen LogP contribution < -0.4 is 11.1 Å². The average Bonchev–Trinajstić information content (AvgIpc) is 2.39. The topological polar surface area (TPSA) is 50.4 Å². The van der Waals surface area contributed by atoms with E-state index < -0.39 is 0 Å². The zero-order chi connectivity index (χ0) is 13.7. The fourth-order valence-corrected chi connectivity index (χ4v) is 2.52. The lowest BCUT2D eigenvalue weighted by molar-refractivity contribution is 0.597. The molecular formula is C16H25N3. The smallest absolute Gasteiger partial charge is 0.193 e. The van der Waals surface area contributed by atoms with Gasteiger partial charge in [0.15, 0.2) is 5.96 Å². The van der Waals surface area contributed by atoms with Gasteiger partial charge in [0.25, 0.3) is 0 Å². The Kier molecular flexibility index (Phi) is 4.83. The van der Waals surface area contributed by atoms with Crippen molar-refractivity contribution < 1.29 is 0 Å². The second-order valence-corrected chi connectivity index (χ2v) is 5.72. The molecule has 3 heteroatoms. The highest BCUT2D eigenvalue weighted by Gasteiger charge is 2.12. The molecule has 0 spiro atoms. The summed E-state index contributed by atoms with van der Waals surface area (Å²) >= 11 is 0. The van der Waals surface area contributed by atoms with E-state index in [1.807, 2.05) is 0 Å². The molecular weight excluding hydrogens is 234 g/mol. The fraction of sp³-hybridized carbons (Fsp3) is 0.562. The molecule has 1 aromatic carbocycles. The summed E-state index contributed by atoms with van der Waals surface area (Å²) in [5, 5.41) is 3.27. The Bertz CT molecular complexity index is 449. The van der Waals surface area contributed by atoms with Gasteiger partial charge in [0.1, 0.15) is 0 Å². The first-order valence-corrected chi connectivity index (χ1v) is 7.34. The number of nitrogens with one attached hydrogen (secondary N) is 1. The Hall–Kier alpha value is -1.51. The normalized spacial score (nSPS) is 15.4. The van der Waals surface area contributed by atoms with Crippen molar-refractivity contribution in [1.82, 2.24) is 0 Å². The number of fused-ring (bicyclic) bond motifs is 1. The zero-order valence-electron chi connectivity index (χ0n) is 12.1. The van der Waals surface area contributed by atoms with Crippen LogP contribution in [0.5, 0.6) is 0 Å². The van der Waals surface area contributed by atoms with Gasteiger partial charge in [0, 0.05) is 12.2 Å². The van der Waals surface area contributed by atoms with Crippen LogP contribution in [0, 0.1) is 5.92 Å². The standard InChI is InChI=1S/C16H25N3/c1-12(2)10-11-18-16(17)19-15-9-5-7-13-6-3-4-8-14(13)15/h5,7,9,12H,3-4,6,8,10-11H2,1-2H3,(H3,17,18,19). The van der Waals surface area contributed by atoms with E-state index in [9.17, 15) is 0 Å². The molecule has 3 nitrogen and oxygen atoms in total. The monoisotopic (exact) mass is 259 g/mol. The fourth-order valence-electron chi connectivity index (χ4n) is 2.52. The molecule has 1 aromatic rings. The Labute approximate surface area is 116 Å². The first-order valence-electron chi connectivity index (χ1n) is 7.34. The van der Waals surface area contributed by atoms with Gasteiger partial charge in [0.2, 0.25) is 0 Å². The summed E-state index contributed by atoms with van der Waals surface area (Å²) in [6, 6.07) is 6.44. The summed E-state index contributed by atoms with van der Waals surface area (Å²) in [6.45, 7) is 5.20. The van der Waals surface area contributed by atoms with Crippen molar-refractivity contribution in [3.8, 4) is 0 Å². The molecule has 0 amide bonds. The molecule has 2 rings (SSSR count). The minimum atomic E-state index is 0.541. The largest absolute Gasteiger partial charge is 0.370 e.